The average Bonchev–Trinajstić information content (AvgIpc) is 3.06. The molecule has 28 heavy (non-hydrogen) atoms. The van der Waals surface area contributed by atoms with E-state index in [1.54, 1.807) is 0 Å². The Hall–Kier alpha value is -2.71. The minimum atomic E-state index is -0.318. The van der Waals surface area contributed by atoms with Crippen molar-refractivity contribution >= 4 is 10.9 Å². The molecular formula is C24H24N2O2. The Labute approximate surface area is 165 Å². The number of nitrogens with zero attached hydrogens (tertiary/aromatic N) is 2. The minimum absolute atomic E-state index is 0.123. The van der Waals surface area contributed by atoms with E-state index >= 15 is 0 Å². The van der Waals surface area contributed by atoms with E-state index in [0.29, 0.717) is 6.54 Å². The molecule has 3 aromatic rings. The van der Waals surface area contributed by atoms with Crippen molar-refractivity contribution in [2.75, 3.05) is 19.7 Å². The lowest BCUT2D eigenvalue weighted by Gasteiger charge is -2.16. The molecule has 0 amide bonds. The molecule has 0 bridgehead atoms. The molecule has 0 aliphatic carbocycles. The predicted octanol–water partition coefficient (Wildman–Crippen LogP) is 2.61. The standard InChI is InChI=1S/C24H24N2O2/c27-13-3-4-18-7-9-19(10-8-18)15-26-16-21(24(28)17-26)14-20-11-12-25-23-6-2-1-5-22(20)23/h1-2,5-12,21,24,27-28H,13-17H2/t21-,24-/m1/s1. The second-order valence-corrected chi connectivity index (χ2v) is 7.37. The number of likely N-dealkylation sites (tertiary alicyclic amines) is 1. The topological polar surface area (TPSA) is 56.6 Å². The van der Waals surface area contributed by atoms with E-state index in [1.165, 1.54) is 16.5 Å². The molecule has 0 spiro atoms. The predicted molar refractivity (Wildman–Crippen MR) is 111 cm³/mol. The maximum Gasteiger partial charge on any atom is 0.104 e. The normalized spacial score (nSPS) is 19.5. The molecule has 142 valence electrons. The molecular weight excluding hydrogens is 348 g/mol. The molecule has 1 saturated heterocycles. The Bertz CT molecular complexity index is 999. The maximum atomic E-state index is 10.6. The summed E-state index contributed by atoms with van der Waals surface area (Å²) in [6, 6.07) is 18.4. The Morgan fingerprint density at radius 2 is 1.86 bits per heavy atom. The van der Waals surface area contributed by atoms with E-state index in [9.17, 15) is 5.11 Å². The van der Waals surface area contributed by atoms with E-state index in [-0.39, 0.29) is 18.6 Å². The number of β-amino-alcohol motifs (C(OH)–C–C–N with tert-alkyl or cyclic N) is 1. The summed E-state index contributed by atoms with van der Waals surface area (Å²) in [5.41, 5.74) is 4.37. The first kappa shape index (κ1) is 18.6. The third-order valence-corrected chi connectivity index (χ3v) is 5.38. The second-order valence-electron chi connectivity index (χ2n) is 7.37. The monoisotopic (exact) mass is 372 g/mol. The molecule has 2 aromatic carbocycles. The van der Waals surface area contributed by atoms with Crippen molar-refractivity contribution in [2.24, 2.45) is 5.92 Å². The number of hydrogen-bond acceptors (Lipinski definition) is 4. The fourth-order valence-corrected chi connectivity index (χ4v) is 3.98. The van der Waals surface area contributed by atoms with Crippen molar-refractivity contribution in [2.45, 2.75) is 19.1 Å². The average molecular weight is 372 g/mol. The van der Waals surface area contributed by atoms with Gasteiger partial charge >= 0.3 is 0 Å². The number of para-hydroxylation sites is 1. The van der Waals surface area contributed by atoms with Gasteiger partial charge in [-0.15, -0.1) is 0 Å². The highest BCUT2D eigenvalue weighted by Crippen LogP contribution is 2.26. The third-order valence-electron chi connectivity index (χ3n) is 5.38. The van der Waals surface area contributed by atoms with Gasteiger partial charge in [-0.25, -0.2) is 0 Å². The molecule has 1 aliphatic heterocycles. The summed E-state index contributed by atoms with van der Waals surface area (Å²) in [6.07, 6.45) is 2.40. The fraction of sp³-hybridized carbons (Fsp3) is 0.292. The van der Waals surface area contributed by atoms with Crippen LogP contribution in [0, 0.1) is 17.8 Å². The van der Waals surface area contributed by atoms with Gasteiger partial charge in [0.1, 0.15) is 6.61 Å². The summed E-state index contributed by atoms with van der Waals surface area (Å²) >= 11 is 0. The van der Waals surface area contributed by atoms with Crippen LogP contribution in [0.25, 0.3) is 10.9 Å². The van der Waals surface area contributed by atoms with Crippen LogP contribution in [-0.2, 0) is 13.0 Å². The molecule has 0 radical (unpaired) electrons. The van der Waals surface area contributed by atoms with Gasteiger partial charge in [-0.05, 0) is 41.8 Å². The lowest BCUT2D eigenvalue weighted by atomic mass is 9.94. The van der Waals surface area contributed by atoms with E-state index in [4.69, 9.17) is 5.11 Å². The molecule has 4 heteroatoms. The van der Waals surface area contributed by atoms with Gasteiger partial charge < -0.3 is 10.2 Å². The Kier molecular flexibility index (Phi) is 5.68. The lowest BCUT2D eigenvalue weighted by molar-refractivity contribution is 0.141. The number of rotatable bonds is 4. The van der Waals surface area contributed by atoms with Crippen LogP contribution in [0.4, 0.5) is 0 Å². The van der Waals surface area contributed by atoms with Crippen molar-refractivity contribution in [3.05, 3.63) is 77.5 Å². The summed E-state index contributed by atoms with van der Waals surface area (Å²) < 4.78 is 0. The maximum absolute atomic E-state index is 10.6. The molecule has 2 heterocycles. The van der Waals surface area contributed by atoms with Crippen LogP contribution in [0.3, 0.4) is 0 Å². The fourth-order valence-electron chi connectivity index (χ4n) is 3.98. The minimum Gasteiger partial charge on any atom is -0.391 e. The number of fused-ring (bicyclic) bond motifs is 1. The van der Waals surface area contributed by atoms with Crippen molar-refractivity contribution in [3.63, 3.8) is 0 Å². The van der Waals surface area contributed by atoms with Gasteiger partial charge in [0.2, 0.25) is 0 Å². The number of aliphatic hydroxyl groups excluding tert-OH is 2. The number of aliphatic hydroxyl groups is 2. The summed E-state index contributed by atoms with van der Waals surface area (Å²) in [5.74, 6) is 5.80. The van der Waals surface area contributed by atoms with Gasteiger partial charge in [-0.2, -0.15) is 0 Å². The molecule has 0 unspecified atom stereocenters. The quantitative estimate of drug-likeness (QED) is 0.692. The van der Waals surface area contributed by atoms with Gasteiger partial charge in [-0.1, -0.05) is 42.2 Å². The molecule has 1 fully saturated rings. The molecule has 0 saturated carbocycles. The first-order chi connectivity index (χ1) is 13.7. The highest BCUT2D eigenvalue weighted by Gasteiger charge is 2.31. The van der Waals surface area contributed by atoms with Gasteiger partial charge in [-0.3, -0.25) is 9.88 Å². The SMILES string of the molecule is OCC#Cc1ccc(CN2C[C@@H](Cc3ccnc4ccccc34)[C@H](O)C2)cc1. The number of pyridine rings is 1. The van der Waals surface area contributed by atoms with E-state index < -0.39 is 0 Å². The molecule has 1 aliphatic rings. The number of benzene rings is 2. The van der Waals surface area contributed by atoms with E-state index in [2.05, 4.69) is 46.0 Å². The summed E-state index contributed by atoms with van der Waals surface area (Å²) in [7, 11) is 0. The van der Waals surface area contributed by atoms with Gasteiger partial charge in [0, 0.05) is 42.7 Å². The first-order valence-electron chi connectivity index (χ1n) is 9.64. The van der Waals surface area contributed by atoms with Crippen molar-refractivity contribution < 1.29 is 10.2 Å². The van der Waals surface area contributed by atoms with Crippen molar-refractivity contribution in [1.82, 2.24) is 9.88 Å². The van der Waals surface area contributed by atoms with Gasteiger partial charge in [0.25, 0.3) is 0 Å². The third kappa shape index (κ3) is 4.23. The lowest BCUT2D eigenvalue weighted by Crippen LogP contribution is -2.21. The summed E-state index contributed by atoms with van der Waals surface area (Å²) in [5, 5.41) is 20.6. The van der Waals surface area contributed by atoms with Crippen LogP contribution in [-0.4, -0.2) is 45.9 Å². The summed E-state index contributed by atoms with van der Waals surface area (Å²) in [6.45, 7) is 2.27. The molecule has 2 N–H and O–H groups in total. The zero-order valence-electron chi connectivity index (χ0n) is 15.8. The molecule has 4 nitrogen and oxygen atoms in total. The van der Waals surface area contributed by atoms with Crippen LogP contribution in [0.2, 0.25) is 0 Å². The van der Waals surface area contributed by atoms with Gasteiger partial charge in [0.05, 0.1) is 11.6 Å². The van der Waals surface area contributed by atoms with Crippen LogP contribution < -0.4 is 0 Å². The Balaban J connectivity index is 1.42. The first-order valence-corrected chi connectivity index (χ1v) is 9.64. The Morgan fingerprint density at radius 1 is 1.04 bits per heavy atom. The van der Waals surface area contributed by atoms with Crippen molar-refractivity contribution in [1.29, 1.82) is 0 Å². The summed E-state index contributed by atoms with van der Waals surface area (Å²) in [4.78, 5) is 6.75. The van der Waals surface area contributed by atoms with E-state index in [1.807, 2.05) is 36.5 Å². The zero-order valence-corrected chi connectivity index (χ0v) is 15.8. The highest BCUT2D eigenvalue weighted by molar-refractivity contribution is 5.81. The number of hydrogen-bond donors (Lipinski definition) is 2. The van der Waals surface area contributed by atoms with Crippen LogP contribution >= 0.6 is 0 Å². The molecule has 4 rings (SSSR count). The van der Waals surface area contributed by atoms with Crippen LogP contribution in [0.5, 0.6) is 0 Å². The largest absolute Gasteiger partial charge is 0.391 e. The molecule has 2 atom stereocenters. The van der Waals surface area contributed by atoms with Crippen LogP contribution in [0.15, 0.2) is 60.8 Å². The zero-order chi connectivity index (χ0) is 19.3. The van der Waals surface area contributed by atoms with Crippen LogP contribution in [0.1, 0.15) is 16.7 Å². The highest BCUT2D eigenvalue weighted by atomic mass is 16.3. The number of aromatic nitrogens is 1. The smallest absolute Gasteiger partial charge is 0.104 e. The van der Waals surface area contributed by atoms with E-state index in [0.717, 1.165) is 30.6 Å². The van der Waals surface area contributed by atoms with Crippen molar-refractivity contribution in [3.8, 4) is 11.8 Å². The molecule has 1 aromatic heterocycles. The second kappa shape index (κ2) is 8.53. The Morgan fingerprint density at radius 3 is 2.68 bits per heavy atom. The van der Waals surface area contributed by atoms with Gasteiger partial charge in [0.15, 0.2) is 0 Å².